The molecule has 0 saturated heterocycles. The van der Waals surface area contributed by atoms with Crippen molar-refractivity contribution in [2.45, 2.75) is 33.7 Å². The number of carbonyl (C=O) groups excluding carboxylic acids is 1. The zero-order valence-electron chi connectivity index (χ0n) is 16.5. The lowest BCUT2D eigenvalue weighted by atomic mass is 9.97. The lowest BCUT2D eigenvalue weighted by molar-refractivity contribution is 0.0980. The fraction of sp³-hybridized carbons (Fsp3) is 0.227. The molecule has 0 amide bonds. The number of thiol groups is 1. The number of hydrogen-bond donors (Lipinski definition) is 2. The number of rotatable bonds is 7. The first kappa shape index (κ1) is 21.1. The molecular weight excluding hydrogens is 408 g/mol. The molecule has 29 heavy (non-hydrogen) atoms. The number of ketones is 1. The molecule has 3 rings (SSSR count). The number of halogens is 1. The van der Waals surface area contributed by atoms with Crippen LogP contribution in [0.3, 0.4) is 0 Å². The highest BCUT2D eigenvalue weighted by molar-refractivity contribution is 7.73. The number of Topliss-reactive ketones (excluding diaryl/α,β-unsaturated/α-hetero) is 1. The van der Waals surface area contributed by atoms with Crippen molar-refractivity contribution in [2.24, 2.45) is 0 Å². The minimum absolute atomic E-state index is 0.0648. The summed E-state index contributed by atoms with van der Waals surface area (Å²) in [5, 5.41) is 0.658. The SMILES string of the molecule is CCC(=O)c1c(-c2ccc(N[SH](=O)=O)cc2)c(C)c(-c2ccc(Cl)cc2)n1CC. The van der Waals surface area contributed by atoms with E-state index in [0.717, 1.165) is 27.9 Å². The summed E-state index contributed by atoms with van der Waals surface area (Å²) in [6, 6.07) is 14.7. The molecule has 0 saturated carbocycles. The molecule has 0 spiro atoms. The predicted molar refractivity (Wildman–Crippen MR) is 119 cm³/mol. The molecule has 1 aromatic heterocycles. The van der Waals surface area contributed by atoms with Crippen LogP contribution in [-0.4, -0.2) is 18.8 Å². The van der Waals surface area contributed by atoms with Crippen LogP contribution in [0.1, 0.15) is 36.3 Å². The van der Waals surface area contributed by atoms with Crippen LogP contribution in [-0.2, 0) is 17.4 Å². The first-order valence-electron chi connectivity index (χ1n) is 9.41. The van der Waals surface area contributed by atoms with Gasteiger partial charge in [0.2, 0.25) is 10.9 Å². The molecule has 0 radical (unpaired) electrons. The normalized spacial score (nSPS) is 11.1. The van der Waals surface area contributed by atoms with Crippen molar-refractivity contribution < 1.29 is 13.2 Å². The molecule has 152 valence electrons. The molecule has 0 aliphatic heterocycles. The fourth-order valence-electron chi connectivity index (χ4n) is 3.67. The summed E-state index contributed by atoms with van der Waals surface area (Å²) in [5.41, 5.74) is 5.89. The monoisotopic (exact) mass is 430 g/mol. The Kier molecular flexibility index (Phi) is 6.45. The maximum absolute atomic E-state index is 12.9. The van der Waals surface area contributed by atoms with E-state index in [1.165, 1.54) is 0 Å². The van der Waals surface area contributed by atoms with Crippen LogP contribution in [0.5, 0.6) is 0 Å². The van der Waals surface area contributed by atoms with E-state index in [1.54, 1.807) is 12.1 Å². The van der Waals surface area contributed by atoms with E-state index in [9.17, 15) is 13.2 Å². The van der Waals surface area contributed by atoms with Crippen LogP contribution in [0.25, 0.3) is 22.4 Å². The van der Waals surface area contributed by atoms with Gasteiger partial charge in [0, 0.05) is 29.2 Å². The van der Waals surface area contributed by atoms with Gasteiger partial charge in [-0.3, -0.25) is 9.52 Å². The van der Waals surface area contributed by atoms with Crippen LogP contribution in [0.15, 0.2) is 48.5 Å². The molecule has 3 aromatic rings. The Labute approximate surface area is 177 Å². The number of aromatic nitrogens is 1. The predicted octanol–water partition coefficient (Wildman–Crippen LogP) is 5.33. The second kappa shape index (κ2) is 8.84. The zero-order chi connectivity index (χ0) is 21.1. The lowest BCUT2D eigenvalue weighted by Gasteiger charge is -2.12. The van der Waals surface area contributed by atoms with E-state index in [-0.39, 0.29) is 5.78 Å². The molecule has 7 heteroatoms. The smallest absolute Gasteiger partial charge is 0.222 e. The molecule has 0 aliphatic carbocycles. The van der Waals surface area contributed by atoms with Crippen molar-refractivity contribution in [1.82, 2.24) is 4.57 Å². The number of carbonyl (C=O) groups is 1. The summed E-state index contributed by atoms with van der Waals surface area (Å²) < 4.78 is 26.2. The average Bonchev–Trinajstić information content (AvgIpc) is 3.00. The minimum Gasteiger partial charge on any atom is -0.338 e. The minimum atomic E-state index is -2.72. The molecule has 2 aromatic carbocycles. The first-order valence-corrected chi connectivity index (χ1v) is 11.0. The molecule has 5 nitrogen and oxygen atoms in total. The van der Waals surface area contributed by atoms with Crippen LogP contribution in [0.2, 0.25) is 5.02 Å². The van der Waals surface area contributed by atoms with Gasteiger partial charge in [-0.05, 0) is 54.8 Å². The topological polar surface area (TPSA) is 68.2 Å². The maximum atomic E-state index is 12.9. The fourth-order valence-corrected chi connectivity index (χ4v) is 4.15. The van der Waals surface area contributed by atoms with Crippen molar-refractivity contribution in [3.05, 3.63) is 64.8 Å². The van der Waals surface area contributed by atoms with Crippen LogP contribution in [0.4, 0.5) is 5.69 Å². The Morgan fingerprint density at radius 1 is 1.00 bits per heavy atom. The molecule has 1 heterocycles. The molecule has 1 N–H and O–H groups in total. The van der Waals surface area contributed by atoms with Crippen LogP contribution < -0.4 is 4.72 Å². The van der Waals surface area contributed by atoms with Crippen molar-refractivity contribution in [2.75, 3.05) is 4.72 Å². The summed E-state index contributed by atoms with van der Waals surface area (Å²) in [6.07, 6.45) is 0.396. The van der Waals surface area contributed by atoms with E-state index in [2.05, 4.69) is 9.29 Å². The van der Waals surface area contributed by atoms with Gasteiger partial charge in [0.25, 0.3) is 0 Å². The van der Waals surface area contributed by atoms with Crippen molar-refractivity contribution in [1.29, 1.82) is 0 Å². The largest absolute Gasteiger partial charge is 0.338 e. The van der Waals surface area contributed by atoms with E-state index in [1.807, 2.05) is 57.2 Å². The first-order chi connectivity index (χ1) is 13.9. The number of nitrogens with one attached hydrogen (secondary N) is 1. The lowest BCUT2D eigenvalue weighted by Crippen LogP contribution is -2.09. The Bertz CT molecular complexity index is 1110. The van der Waals surface area contributed by atoms with E-state index >= 15 is 0 Å². The van der Waals surface area contributed by atoms with Gasteiger partial charge in [-0.1, -0.05) is 42.8 Å². The summed E-state index contributed by atoms with van der Waals surface area (Å²) in [7, 11) is -2.72. The number of hydrogen-bond acceptors (Lipinski definition) is 3. The highest BCUT2D eigenvalue weighted by Gasteiger charge is 2.25. The number of nitrogens with zero attached hydrogens (tertiary/aromatic N) is 1. The zero-order valence-corrected chi connectivity index (χ0v) is 18.2. The van der Waals surface area contributed by atoms with E-state index in [4.69, 9.17) is 11.6 Å². The summed E-state index contributed by atoms with van der Waals surface area (Å²) in [6.45, 7) is 6.54. The second-order valence-corrected chi connectivity index (χ2v) is 7.85. The van der Waals surface area contributed by atoms with Gasteiger partial charge in [0.05, 0.1) is 11.4 Å². The highest BCUT2D eigenvalue weighted by Crippen LogP contribution is 2.39. The summed E-state index contributed by atoms with van der Waals surface area (Å²) in [5.74, 6) is 0.0648. The Morgan fingerprint density at radius 3 is 2.10 bits per heavy atom. The van der Waals surface area contributed by atoms with Crippen molar-refractivity contribution in [3.8, 4) is 22.4 Å². The molecular formula is C22H23ClN2O3S. The van der Waals surface area contributed by atoms with Gasteiger partial charge in [-0.15, -0.1) is 0 Å². The Morgan fingerprint density at radius 2 is 1.59 bits per heavy atom. The van der Waals surface area contributed by atoms with E-state index in [0.29, 0.717) is 29.4 Å². The van der Waals surface area contributed by atoms with Gasteiger partial charge in [-0.25, -0.2) is 8.42 Å². The quantitative estimate of drug-likeness (QED) is 0.393. The second-order valence-electron chi connectivity index (χ2n) is 6.67. The molecule has 0 aliphatic rings. The van der Waals surface area contributed by atoms with E-state index < -0.39 is 10.9 Å². The highest BCUT2D eigenvalue weighted by atomic mass is 35.5. The average molecular weight is 431 g/mol. The molecule has 0 bridgehead atoms. The third-order valence-corrected chi connectivity index (χ3v) is 5.61. The van der Waals surface area contributed by atoms with Crippen LogP contribution >= 0.6 is 11.6 Å². The maximum Gasteiger partial charge on any atom is 0.222 e. The Hall–Kier alpha value is -2.57. The van der Waals surface area contributed by atoms with Crippen molar-refractivity contribution in [3.63, 3.8) is 0 Å². The van der Waals surface area contributed by atoms with Gasteiger partial charge < -0.3 is 4.57 Å². The van der Waals surface area contributed by atoms with Gasteiger partial charge in [0.1, 0.15) is 0 Å². The molecule has 0 fully saturated rings. The third-order valence-electron chi connectivity index (χ3n) is 4.92. The third kappa shape index (κ3) is 4.23. The molecule has 0 unspecified atom stereocenters. The Balaban J connectivity index is 2.25. The number of benzene rings is 2. The van der Waals surface area contributed by atoms with Gasteiger partial charge in [0.15, 0.2) is 5.78 Å². The summed E-state index contributed by atoms with van der Waals surface area (Å²) in [4.78, 5) is 12.9. The van der Waals surface area contributed by atoms with Gasteiger partial charge in [-0.2, -0.15) is 0 Å². The summed E-state index contributed by atoms with van der Waals surface area (Å²) >= 11 is 6.06. The molecule has 0 atom stereocenters. The van der Waals surface area contributed by atoms with Crippen molar-refractivity contribution >= 4 is 34.0 Å². The number of anilines is 1. The standard InChI is InChI=1S/C22H23ClN2O3S/c1-4-19(26)22-20(15-8-12-18(13-9-15)24-29(27)28)14(3)21(25(22)5-2)16-6-10-17(23)11-7-16/h6-13,29H,4-5H2,1-3H3,(H,24,27,28). The van der Waals surface area contributed by atoms with Gasteiger partial charge >= 0.3 is 0 Å². The van der Waals surface area contributed by atoms with Crippen LogP contribution in [0, 0.1) is 6.92 Å².